The zero-order chi connectivity index (χ0) is 27.9. The number of anilines is 2. The maximum atomic E-state index is 13.4. The number of rotatable bonds is 7. The first-order chi connectivity index (χ1) is 19.3. The van der Waals surface area contributed by atoms with E-state index in [2.05, 4.69) is 23.2 Å². The van der Waals surface area contributed by atoms with Crippen molar-refractivity contribution < 1.29 is 13.2 Å². The van der Waals surface area contributed by atoms with E-state index in [0.29, 0.717) is 11.3 Å². The molecule has 41 heavy (non-hydrogen) atoms. The summed E-state index contributed by atoms with van der Waals surface area (Å²) in [6, 6.07) is 23.1. The molecule has 0 spiro atoms. The first-order valence-corrected chi connectivity index (χ1v) is 16.1. The highest BCUT2D eigenvalue weighted by Crippen LogP contribution is 2.45. The number of benzene rings is 3. The monoisotopic (exact) mass is 624 g/mol. The lowest BCUT2D eigenvalue weighted by molar-refractivity contribution is 0.102. The smallest absolute Gasteiger partial charge is 0.264 e. The molecule has 11 heteroatoms. The summed E-state index contributed by atoms with van der Waals surface area (Å²) in [5, 5.41) is 4.83. The van der Waals surface area contributed by atoms with Crippen LogP contribution in [0.15, 0.2) is 83.8 Å². The quantitative estimate of drug-likeness (QED) is 0.213. The fourth-order valence-electron chi connectivity index (χ4n) is 4.91. The molecule has 1 aliphatic heterocycles. The number of aromatic nitrogens is 1. The Balaban J connectivity index is 0.00000337. The van der Waals surface area contributed by atoms with Crippen molar-refractivity contribution in [2.45, 2.75) is 24.8 Å². The Kier molecular flexibility index (Phi) is 8.49. The largest absolute Gasteiger partial charge is 0.313 e. The summed E-state index contributed by atoms with van der Waals surface area (Å²) in [7, 11) is -2.25. The summed E-state index contributed by atoms with van der Waals surface area (Å²) >= 11 is 3.24. The number of hydrogen-bond acceptors (Lipinski definition) is 7. The van der Waals surface area contributed by atoms with Crippen molar-refractivity contribution in [2.75, 3.05) is 29.8 Å². The van der Waals surface area contributed by atoms with Crippen LogP contribution in [-0.4, -0.2) is 44.3 Å². The number of nitrogens with zero attached hydrogens (tertiary/aromatic N) is 3. The van der Waals surface area contributed by atoms with Gasteiger partial charge >= 0.3 is 0 Å². The Hall–Kier alpha value is -3.28. The van der Waals surface area contributed by atoms with Crippen molar-refractivity contribution in [3.63, 3.8) is 0 Å². The predicted octanol–water partition coefficient (Wildman–Crippen LogP) is 6.90. The van der Waals surface area contributed by atoms with E-state index in [1.54, 1.807) is 59.1 Å². The van der Waals surface area contributed by atoms with Crippen LogP contribution in [0, 0.1) is 0 Å². The van der Waals surface area contributed by atoms with Crippen molar-refractivity contribution in [3.05, 3.63) is 94.9 Å². The Morgan fingerprint density at radius 1 is 1.00 bits per heavy atom. The molecule has 0 radical (unpaired) electrons. The van der Waals surface area contributed by atoms with Gasteiger partial charge in [-0.05, 0) is 67.1 Å². The first-order valence-electron chi connectivity index (χ1n) is 13.0. The summed E-state index contributed by atoms with van der Waals surface area (Å²) in [4.78, 5) is 22.1. The number of fused-ring (bicyclic) bond motifs is 2. The zero-order valence-electron chi connectivity index (χ0n) is 22.5. The van der Waals surface area contributed by atoms with Gasteiger partial charge in [-0.1, -0.05) is 37.3 Å². The molecule has 0 aliphatic carbocycles. The van der Waals surface area contributed by atoms with E-state index in [-0.39, 0.29) is 23.2 Å². The van der Waals surface area contributed by atoms with Crippen molar-refractivity contribution in [2.24, 2.45) is 0 Å². The lowest BCUT2D eigenvalue weighted by Gasteiger charge is -2.25. The molecule has 3 aromatic carbocycles. The van der Waals surface area contributed by atoms with Gasteiger partial charge in [-0.3, -0.25) is 14.0 Å². The number of hydrogen-bond donors (Lipinski definition) is 1. The lowest BCUT2D eigenvalue weighted by atomic mass is 10.0. The average molecular weight is 625 g/mol. The molecule has 3 heterocycles. The fraction of sp³-hybridized carbons (Fsp3) is 0.200. The minimum absolute atomic E-state index is 0. The predicted molar refractivity (Wildman–Crippen MR) is 171 cm³/mol. The SMILES string of the molecule is CCN1CCc2c(sc(NC(=O)c3ccc(S(=O)(=O)N(C)c4ccccc4)cc3)c2-c2nc3ccccc3s2)C1.Cl. The standard InChI is InChI=1S/C30H28N4O3S3.ClH/c1-3-34-18-17-23-26(19-34)39-30(27(23)29-31-24-11-7-8-12-25(24)38-29)32-28(35)20-13-15-22(16-14-20)40(36,37)33(2)21-9-5-4-6-10-21;/h4-16H,3,17-19H2,1-2H3,(H,32,35);1H. The highest BCUT2D eigenvalue weighted by molar-refractivity contribution is 7.92. The second-order valence-electron chi connectivity index (χ2n) is 9.60. The molecule has 7 nitrogen and oxygen atoms in total. The van der Waals surface area contributed by atoms with Crippen molar-refractivity contribution in [3.8, 4) is 10.6 Å². The first kappa shape index (κ1) is 29.2. The van der Waals surface area contributed by atoms with Gasteiger partial charge in [0.2, 0.25) is 0 Å². The zero-order valence-corrected chi connectivity index (χ0v) is 25.8. The third-order valence-corrected chi connectivity index (χ3v) is 11.2. The van der Waals surface area contributed by atoms with E-state index < -0.39 is 10.0 Å². The topological polar surface area (TPSA) is 82.6 Å². The molecule has 2 aromatic heterocycles. The summed E-state index contributed by atoms with van der Waals surface area (Å²) in [6.45, 7) is 4.96. The van der Waals surface area contributed by atoms with E-state index in [9.17, 15) is 13.2 Å². The Labute approximate surface area is 253 Å². The van der Waals surface area contributed by atoms with Gasteiger partial charge in [0.15, 0.2) is 0 Å². The summed E-state index contributed by atoms with van der Waals surface area (Å²) < 4.78 is 28.7. The average Bonchev–Trinajstić information content (AvgIpc) is 3.57. The lowest BCUT2D eigenvalue weighted by Crippen LogP contribution is -2.29. The number of carbonyl (C=O) groups excluding carboxylic acids is 1. The maximum absolute atomic E-state index is 13.4. The number of halogens is 1. The van der Waals surface area contributed by atoms with Crippen molar-refractivity contribution >= 4 is 71.9 Å². The number of likely N-dealkylation sites (N-methyl/N-ethyl adjacent to an activating group) is 1. The molecule has 5 aromatic rings. The van der Waals surface area contributed by atoms with Crippen LogP contribution in [0.3, 0.4) is 0 Å². The molecule has 6 rings (SSSR count). The highest BCUT2D eigenvalue weighted by Gasteiger charge is 2.28. The van der Waals surface area contributed by atoms with Crippen LogP contribution in [0.1, 0.15) is 27.7 Å². The van der Waals surface area contributed by atoms with Crippen LogP contribution in [0.2, 0.25) is 0 Å². The molecule has 1 amide bonds. The molecule has 212 valence electrons. The Morgan fingerprint density at radius 2 is 1.71 bits per heavy atom. The molecule has 0 fully saturated rings. The van der Waals surface area contributed by atoms with Crippen LogP contribution < -0.4 is 9.62 Å². The van der Waals surface area contributed by atoms with Gasteiger partial charge in [0.1, 0.15) is 10.0 Å². The van der Waals surface area contributed by atoms with Gasteiger partial charge in [-0.15, -0.1) is 35.1 Å². The molecule has 0 atom stereocenters. The summed E-state index contributed by atoms with van der Waals surface area (Å²) in [6.07, 6.45) is 0.905. The van der Waals surface area contributed by atoms with Gasteiger partial charge in [-0.25, -0.2) is 13.4 Å². The molecular formula is C30H29ClN4O3S3. The van der Waals surface area contributed by atoms with E-state index in [0.717, 1.165) is 51.8 Å². The number of thiophene rings is 1. The van der Waals surface area contributed by atoms with Crippen LogP contribution >= 0.6 is 35.1 Å². The number of amides is 1. The molecule has 1 aliphatic rings. The van der Waals surface area contributed by atoms with Crippen LogP contribution in [0.5, 0.6) is 0 Å². The normalized spacial score (nSPS) is 13.4. The van der Waals surface area contributed by atoms with E-state index in [4.69, 9.17) is 4.98 Å². The molecule has 0 saturated carbocycles. The maximum Gasteiger partial charge on any atom is 0.264 e. The highest BCUT2D eigenvalue weighted by atomic mass is 35.5. The van der Waals surface area contributed by atoms with Crippen LogP contribution in [-0.2, 0) is 23.0 Å². The minimum atomic E-state index is -3.77. The molecular weight excluding hydrogens is 596 g/mol. The molecule has 0 unspecified atom stereocenters. The van der Waals surface area contributed by atoms with Crippen molar-refractivity contribution in [1.29, 1.82) is 0 Å². The molecule has 1 N–H and O–H groups in total. The van der Waals surface area contributed by atoms with Gasteiger partial charge in [-0.2, -0.15) is 0 Å². The van der Waals surface area contributed by atoms with Gasteiger partial charge in [0, 0.05) is 36.1 Å². The van der Waals surface area contributed by atoms with Crippen LogP contribution in [0.4, 0.5) is 10.7 Å². The van der Waals surface area contributed by atoms with E-state index >= 15 is 0 Å². The van der Waals surface area contributed by atoms with Crippen molar-refractivity contribution in [1.82, 2.24) is 9.88 Å². The third-order valence-electron chi connectivity index (χ3n) is 7.21. The number of nitrogens with one attached hydrogen (secondary N) is 1. The number of para-hydroxylation sites is 2. The molecule has 0 bridgehead atoms. The fourth-order valence-corrected chi connectivity index (χ4v) is 8.50. The van der Waals surface area contributed by atoms with Gasteiger partial charge < -0.3 is 5.32 Å². The summed E-state index contributed by atoms with van der Waals surface area (Å²) in [5.41, 5.74) is 4.17. The van der Waals surface area contributed by atoms with E-state index in [1.807, 2.05) is 24.3 Å². The third kappa shape index (κ3) is 5.62. The second kappa shape index (κ2) is 11.9. The minimum Gasteiger partial charge on any atom is -0.313 e. The number of thiazole rings is 1. The molecule has 0 saturated heterocycles. The van der Waals surface area contributed by atoms with Gasteiger partial charge in [0.25, 0.3) is 15.9 Å². The number of carbonyl (C=O) groups is 1. The second-order valence-corrected chi connectivity index (χ2v) is 13.7. The Morgan fingerprint density at radius 3 is 2.41 bits per heavy atom. The Bertz CT molecular complexity index is 1770. The van der Waals surface area contributed by atoms with Crippen LogP contribution in [0.25, 0.3) is 20.8 Å². The number of sulfonamides is 1. The van der Waals surface area contributed by atoms with Gasteiger partial charge in [0.05, 0.1) is 20.8 Å². The van der Waals surface area contributed by atoms with E-state index in [1.165, 1.54) is 33.9 Å². The summed E-state index contributed by atoms with van der Waals surface area (Å²) in [5.74, 6) is -0.284.